The third-order valence-electron chi connectivity index (χ3n) is 7.34. The zero-order valence-corrected chi connectivity index (χ0v) is 21.2. The lowest BCUT2D eigenvalue weighted by Crippen LogP contribution is -2.40. The third kappa shape index (κ3) is 5.14. The molecule has 37 heavy (non-hydrogen) atoms. The lowest BCUT2D eigenvalue weighted by Gasteiger charge is -2.31. The lowest BCUT2D eigenvalue weighted by atomic mass is 9.81. The predicted octanol–water partition coefficient (Wildman–Crippen LogP) is 4.64. The summed E-state index contributed by atoms with van der Waals surface area (Å²) in [5.41, 5.74) is 7.89. The Balaban J connectivity index is 1.28. The predicted molar refractivity (Wildman–Crippen MR) is 132 cm³/mol. The number of primary amides is 1. The maximum absolute atomic E-state index is 12.9. The maximum Gasteiger partial charge on any atom is 0.435 e. The molecular weight excluding hydrogens is 503 g/mol. The van der Waals surface area contributed by atoms with Crippen LogP contribution < -0.4 is 5.73 Å². The van der Waals surface area contributed by atoms with Crippen LogP contribution in [0.3, 0.4) is 0 Å². The van der Waals surface area contributed by atoms with Crippen LogP contribution in [0.2, 0.25) is 0 Å². The number of thiazole rings is 1. The van der Waals surface area contributed by atoms with E-state index in [1.807, 2.05) is 12.1 Å². The molecule has 5 rings (SSSR count). The van der Waals surface area contributed by atoms with Crippen molar-refractivity contribution in [2.24, 2.45) is 5.73 Å². The first-order chi connectivity index (χ1) is 17.6. The molecule has 0 radical (unpaired) electrons. The number of alkyl halides is 3. The zero-order chi connectivity index (χ0) is 26.3. The minimum Gasteiger partial charge on any atom is -0.364 e. The highest BCUT2D eigenvalue weighted by Crippen LogP contribution is 2.43. The van der Waals surface area contributed by atoms with Gasteiger partial charge in [0.1, 0.15) is 12.2 Å². The Morgan fingerprint density at radius 3 is 2.57 bits per heavy atom. The molecule has 1 aliphatic carbocycles. The summed E-state index contributed by atoms with van der Waals surface area (Å²) in [7, 11) is 0. The molecule has 2 N–H and O–H groups in total. The first kappa shape index (κ1) is 25.4. The minimum atomic E-state index is -4.55. The number of hydrogen-bond acceptors (Lipinski definition) is 5. The fourth-order valence-electron chi connectivity index (χ4n) is 5.38. The lowest BCUT2D eigenvalue weighted by molar-refractivity contribution is -0.142. The van der Waals surface area contributed by atoms with Gasteiger partial charge in [-0.25, -0.2) is 4.98 Å². The molecule has 2 aromatic heterocycles. The molecule has 7 nitrogen and oxygen atoms in total. The molecule has 11 heteroatoms. The molecule has 2 aliphatic rings. The topological polar surface area (TPSA) is 94.1 Å². The van der Waals surface area contributed by atoms with Crippen LogP contribution in [-0.4, -0.2) is 44.6 Å². The Bertz CT molecular complexity index is 1320. The normalized spacial score (nSPS) is 18.6. The number of carbonyl (C=O) groups is 2. The summed E-state index contributed by atoms with van der Waals surface area (Å²) in [6.45, 7) is 2.19. The molecular formula is C26H28F3N5O2S. The van der Waals surface area contributed by atoms with Gasteiger partial charge in [-0.05, 0) is 56.2 Å². The van der Waals surface area contributed by atoms with Crippen LogP contribution in [0.4, 0.5) is 13.2 Å². The number of aromatic nitrogens is 3. The van der Waals surface area contributed by atoms with Crippen molar-refractivity contribution < 1.29 is 22.8 Å². The van der Waals surface area contributed by atoms with Crippen molar-refractivity contribution in [2.45, 2.75) is 63.6 Å². The van der Waals surface area contributed by atoms with Gasteiger partial charge in [0, 0.05) is 35.5 Å². The number of piperidine rings is 1. The van der Waals surface area contributed by atoms with Gasteiger partial charge in [0.25, 0.3) is 5.91 Å². The molecule has 0 spiro atoms. The number of carbonyl (C=O) groups excluding carboxylic acids is 2. The van der Waals surface area contributed by atoms with Crippen LogP contribution >= 0.6 is 11.3 Å². The summed E-state index contributed by atoms with van der Waals surface area (Å²) in [6.07, 6.45) is -0.240. The van der Waals surface area contributed by atoms with Gasteiger partial charge in [0.15, 0.2) is 5.69 Å². The smallest absolute Gasteiger partial charge is 0.364 e. The van der Waals surface area contributed by atoms with E-state index in [0.717, 1.165) is 39.9 Å². The summed E-state index contributed by atoms with van der Waals surface area (Å²) in [5, 5.41) is 4.42. The molecule has 196 valence electrons. The van der Waals surface area contributed by atoms with Crippen LogP contribution in [0.1, 0.15) is 80.4 Å². The third-order valence-corrected chi connectivity index (χ3v) is 8.67. The van der Waals surface area contributed by atoms with Crippen molar-refractivity contribution in [1.82, 2.24) is 19.7 Å². The zero-order valence-electron chi connectivity index (χ0n) is 20.4. The standard InChI is InChI=1S/C26H28F3N5O2S/c1-15-13-20(26(27,28)29)32-34(15)14-21(35)33-11-9-17(10-12-33)25-31-22(24(30)36)23(37-25)19-8-4-6-16-5-2-3-7-18(16)19/h2-3,5,7,13,17,19H,4,6,8-12,14H2,1H3,(H2,30,36)/t19-/m1/s1. The highest BCUT2D eigenvalue weighted by Gasteiger charge is 2.35. The molecule has 0 bridgehead atoms. The minimum absolute atomic E-state index is 0.0861. The number of nitrogens with zero attached hydrogens (tertiary/aromatic N) is 4. The largest absolute Gasteiger partial charge is 0.435 e. The van der Waals surface area contributed by atoms with Crippen LogP contribution in [0, 0.1) is 6.92 Å². The van der Waals surface area contributed by atoms with Crippen molar-refractivity contribution in [2.75, 3.05) is 13.1 Å². The fraction of sp³-hybridized carbons (Fsp3) is 0.462. The number of likely N-dealkylation sites (tertiary alicyclic amines) is 1. The second-order valence-corrected chi connectivity index (χ2v) is 10.8. The number of hydrogen-bond donors (Lipinski definition) is 1. The van der Waals surface area contributed by atoms with Crippen molar-refractivity contribution in [1.29, 1.82) is 0 Å². The number of nitrogens with two attached hydrogens (primary N) is 1. The van der Waals surface area contributed by atoms with Crippen molar-refractivity contribution in [3.63, 3.8) is 0 Å². The summed E-state index contributed by atoms with van der Waals surface area (Å²) in [5.74, 6) is -0.613. The van der Waals surface area contributed by atoms with Crippen molar-refractivity contribution in [3.8, 4) is 0 Å². The monoisotopic (exact) mass is 531 g/mol. The van der Waals surface area contributed by atoms with E-state index in [2.05, 4.69) is 22.2 Å². The van der Waals surface area contributed by atoms with Crippen molar-refractivity contribution >= 4 is 23.2 Å². The van der Waals surface area contributed by atoms with E-state index in [1.54, 1.807) is 16.2 Å². The molecule has 0 saturated carbocycles. The quantitative estimate of drug-likeness (QED) is 0.519. The number of fused-ring (bicyclic) bond motifs is 1. The molecule has 3 aromatic rings. The Labute approximate surface area is 216 Å². The second-order valence-electron chi connectivity index (χ2n) is 9.75. The molecule has 1 fully saturated rings. The van der Waals surface area contributed by atoms with Crippen LogP contribution in [0.15, 0.2) is 30.3 Å². The highest BCUT2D eigenvalue weighted by atomic mass is 32.1. The molecule has 1 aromatic carbocycles. The van der Waals surface area contributed by atoms with E-state index in [0.29, 0.717) is 31.6 Å². The first-order valence-electron chi connectivity index (χ1n) is 12.4. The number of halogens is 3. The van der Waals surface area contributed by atoms with Gasteiger partial charge in [0.2, 0.25) is 5.91 Å². The van der Waals surface area contributed by atoms with Crippen LogP contribution in [0.5, 0.6) is 0 Å². The number of amides is 2. The molecule has 1 atom stereocenters. The van der Waals surface area contributed by atoms with Gasteiger partial charge in [-0.3, -0.25) is 14.3 Å². The second kappa shape index (κ2) is 9.92. The average Bonchev–Trinajstić information content (AvgIpc) is 3.48. The molecule has 3 heterocycles. The van der Waals surface area contributed by atoms with Crippen molar-refractivity contribution in [3.05, 3.63) is 68.4 Å². The fourth-order valence-corrected chi connectivity index (χ4v) is 6.77. The first-order valence-corrected chi connectivity index (χ1v) is 13.2. The molecule has 0 unspecified atom stereocenters. The van der Waals surface area contributed by atoms with E-state index in [1.165, 1.54) is 18.1 Å². The van der Waals surface area contributed by atoms with Crippen LogP contribution in [0.25, 0.3) is 0 Å². The van der Waals surface area contributed by atoms with Gasteiger partial charge < -0.3 is 10.6 Å². The summed E-state index contributed by atoms with van der Waals surface area (Å²) in [6, 6.07) is 9.25. The Kier molecular flexibility index (Phi) is 6.82. The SMILES string of the molecule is Cc1cc(C(F)(F)F)nn1CC(=O)N1CCC(c2nc(C(N)=O)c([C@@H]3CCCc4ccccc43)s2)CC1. The Hall–Kier alpha value is -3.21. The number of rotatable bonds is 5. The van der Waals surface area contributed by atoms with Gasteiger partial charge >= 0.3 is 6.18 Å². The van der Waals surface area contributed by atoms with Gasteiger partial charge in [-0.2, -0.15) is 18.3 Å². The summed E-state index contributed by atoms with van der Waals surface area (Å²) >= 11 is 1.55. The van der Waals surface area contributed by atoms with E-state index >= 15 is 0 Å². The molecule has 1 aliphatic heterocycles. The van der Waals surface area contributed by atoms with Gasteiger partial charge in [0.05, 0.1) is 5.01 Å². The van der Waals surface area contributed by atoms with E-state index in [9.17, 15) is 22.8 Å². The molecule has 2 amide bonds. The summed E-state index contributed by atoms with van der Waals surface area (Å²) in [4.78, 5) is 32.4. The van der Waals surface area contributed by atoms with E-state index < -0.39 is 17.8 Å². The number of aryl methyl sites for hydroxylation is 2. The van der Waals surface area contributed by atoms with Crippen LogP contribution in [-0.2, 0) is 23.9 Å². The average molecular weight is 532 g/mol. The van der Waals surface area contributed by atoms with Gasteiger partial charge in [-0.15, -0.1) is 11.3 Å². The number of benzene rings is 1. The van der Waals surface area contributed by atoms with E-state index in [4.69, 9.17) is 5.73 Å². The maximum atomic E-state index is 12.9. The Morgan fingerprint density at radius 2 is 1.89 bits per heavy atom. The van der Waals surface area contributed by atoms with Gasteiger partial charge in [-0.1, -0.05) is 24.3 Å². The molecule has 1 saturated heterocycles. The van der Waals surface area contributed by atoms with E-state index in [-0.39, 0.29) is 30.0 Å². The Morgan fingerprint density at radius 1 is 1.16 bits per heavy atom. The highest BCUT2D eigenvalue weighted by molar-refractivity contribution is 7.12. The summed E-state index contributed by atoms with van der Waals surface area (Å²) < 4.78 is 39.9.